The first-order valence-electron chi connectivity index (χ1n) is 24.1. The number of aliphatic hydroxyl groups is 1. The van der Waals surface area contributed by atoms with E-state index in [9.17, 15) is 9.90 Å². The van der Waals surface area contributed by atoms with Crippen molar-refractivity contribution in [1.29, 1.82) is 0 Å². The summed E-state index contributed by atoms with van der Waals surface area (Å²) in [6.07, 6.45) is 81.7. The molecule has 0 amide bonds. The van der Waals surface area contributed by atoms with Gasteiger partial charge in [-0.1, -0.05) is 198 Å². The summed E-state index contributed by atoms with van der Waals surface area (Å²) in [5.41, 5.74) is 0. The molecule has 0 aromatic rings. The number of aliphatic hydroxyl groups excluding tert-OH is 1. The predicted octanol–water partition coefficient (Wildman–Crippen LogP) is 16.5. The van der Waals surface area contributed by atoms with Crippen LogP contribution in [-0.2, 0) is 14.3 Å². The Labute approximate surface area is 375 Å². The minimum atomic E-state index is -0.578. The van der Waals surface area contributed by atoms with Crippen LogP contribution in [0, 0.1) is 0 Å². The first-order valence-corrected chi connectivity index (χ1v) is 24.1. The van der Waals surface area contributed by atoms with E-state index in [1.165, 1.54) is 19.3 Å². The van der Waals surface area contributed by atoms with Gasteiger partial charge in [-0.25, -0.2) is 0 Å². The largest absolute Gasteiger partial charge is 0.457 e. The number of allylic oxidation sites excluding steroid dienone is 26. The quantitative estimate of drug-likeness (QED) is 0.0378. The molecule has 0 heterocycles. The lowest BCUT2D eigenvalue weighted by Crippen LogP contribution is -2.27. The number of carbonyl (C=O) groups excluding carboxylic acids is 1. The van der Waals surface area contributed by atoms with Crippen LogP contribution in [0.15, 0.2) is 158 Å². The van der Waals surface area contributed by atoms with Crippen molar-refractivity contribution in [2.45, 2.75) is 174 Å². The molecule has 0 saturated heterocycles. The van der Waals surface area contributed by atoms with Crippen LogP contribution in [0.1, 0.15) is 168 Å². The molecule has 61 heavy (non-hydrogen) atoms. The van der Waals surface area contributed by atoms with Crippen LogP contribution in [-0.4, -0.2) is 37.0 Å². The Morgan fingerprint density at radius 1 is 0.393 bits per heavy atom. The zero-order valence-electron chi connectivity index (χ0n) is 38.9. The van der Waals surface area contributed by atoms with E-state index >= 15 is 0 Å². The molecule has 4 nitrogen and oxygen atoms in total. The lowest BCUT2D eigenvalue weighted by Gasteiger charge is -2.15. The van der Waals surface area contributed by atoms with E-state index in [-0.39, 0.29) is 19.2 Å². The smallest absolute Gasteiger partial charge is 0.306 e. The van der Waals surface area contributed by atoms with Crippen LogP contribution in [0.5, 0.6) is 0 Å². The minimum Gasteiger partial charge on any atom is -0.457 e. The number of ether oxygens (including phenoxy) is 2. The molecule has 0 aliphatic heterocycles. The van der Waals surface area contributed by atoms with E-state index in [1.807, 2.05) is 0 Å². The first kappa shape index (κ1) is 57.0. The van der Waals surface area contributed by atoms with Crippen molar-refractivity contribution < 1.29 is 19.4 Å². The zero-order chi connectivity index (χ0) is 44.0. The Balaban J connectivity index is 3.64. The highest BCUT2D eigenvalue weighted by atomic mass is 16.6. The summed E-state index contributed by atoms with van der Waals surface area (Å²) >= 11 is 0. The van der Waals surface area contributed by atoms with Crippen molar-refractivity contribution in [2.75, 3.05) is 19.8 Å². The van der Waals surface area contributed by atoms with Gasteiger partial charge in [-0.15, -0.1) is 0 Å². The molecule has 340 valence electrons. The molecule has 1 N–H and O–H groups in total. The van der Waals surface area contributed by atoms with Gasteiger partial charge in [-0.2, -0.15) is 0 Å². The summed E-state index contributed by atoms with van der Waals surface area (Å²) in [7, 11) is 0. The van der Waals surface area contributed by atoms with Crippen molar-refractivity contribution in [2.24, 2.45) is 0 Å². The summed E-state index contributed by atoms with van der Waals surface area (Å²) in [5.74, 6) is -0.247. The molecule has 4 heteroatoms. The Kier molecular flexibility index (Phi) is 48.7. The molecular weight excluding hydrogens is 749 g/mol. The van der Waals surface area contributed by atoms with Crippen LogP contribution < -0.4 is 0 Å². The van der Waals surface area contributed by atoms with Gasteiger partial charge in [0, 0.05) is 13.0 Å². The van der Waals surface area contributed by atoms with E-state index < -0.39 is 6.10 Å². The molecule has 0 aromatic carbocycles. The van der Waals surface area contributed by atoms with E-state index in [0.29, 0.717) is 13.0 Å². The van der Waals surface area contributed by atoms with Gasteiger partial charge in [0.25, 0.3) is 0 Å². The number of unbranched alkanes of at least 4 members (excludes halogenated alkanes) is 8. The zero-order valence-corrected chi connectivity index (χ0v) is 38.9. The van der Waals surface area contributed by atoms with Gasteiger partial charge in [0.15, 0.2) is 0 Å². The lowest BCUT2D eigenvalue weighted by molar-refractivity contribution is -0.154. The number of esters is 1. The summed E-state index contributed by atoms with van der Waals surface area (Å²) in [4.78, 5) is 12.3. The standard InChI is InChI=1S/C57H88O4/c1-3-5-7-9-11-13-15-17-19-21-23-25-27-29-30-32-34-36-38-40-42-44-46-48-50-52-57(59)61-56(54-58)55-60-53-51-49-47-45-43-41-39-37-35-33-31-28-26-24-22-20-18-16-14-12-10-8-6-4-2/h5-8,11-14,17-20,23-26,29-31,33-34,36-37,39-40,42,56,58H,3-4,9-10,15-16,21-22,27-28,32,35,38,41,43-55H2,1-2H3/b7-5-,8-6-,13-11-,14-12-,19-17-,20-18-,25-23-,26-24-,30-29-,33-31-,36-34-,39-37-,42-40-. The van der Waals surface area contributed by atoms with Crippen molar-refractivity contribution >= 4 is 5.97 Å². The maximum absolute atomic E-state index is 12.3. The topological polar surface area (TPSA) is 55.8 Å². The van der Waals surface area contributed by atoms with Crippen molar-refractivity contribution in [3.05, 3.63) is 158 Å². The van der Waals surface area contributed by atoms with Gasteiger partial charge in [0.1, 0.15) is 6.10 Å². The monoisotopic (exact) mass is 837 g/mol. The highest BCUT2D eigenvalue weighted by molar-refractivity contribution is 5.69. The summed E-state index contributed by atoms with van der Waals surface area (Å²) in [6.45, 7) is 5.00. The van der Waals surface area contributed by atoms with Crippen molar-refractivity contribution in [3.63, 3.8) is 0 Å². The van der Waals surface area contributed by atoms with Crippen LogP contribution in [0.2, 0.25) is 0 Å². The highest BCUT2D eigenvalue weighted by Crippen LogP contribution is 2.09. The highest BCUT2D eigenvalue weighted by Gasteiger charge is 2.13. The molecule has 1 atom stereocenters. The Hall–Kier alpha value is -3.99. The predicted molar refractivity (Wildman–Crippen MR) is 269 cm³/mol. The lowest BCUT2D eigenvalue weighted by atomic mass is 10.1. The second kappa shape index (κ2) is 52.1. The Morgan fingerprint density at radius 3 is 1.03 bits per heavy atom. The van der Waals surface area contributed by atoms with E-state index in [0.717, 1.165) is 128 Å². The van der Waals surface area contributed by atoms with Crippen LogP contribution in [0.25, 0.3) is 0 Å². The second-order valence-corrected chi connectivity index (χ2v) is 15.1. The Bertz CT molecular complexity index is 1340. The number of hydrogen-bond acceptors (Lipinski definition) is 4. The van der Waals surface area contributed by atoms with Gasteiger partial charge >= 0.3 is 5.97 Å². The molecule has 0 rings (SSSR count). The SMILES string of the molecule is CC/C=C\C/C=C\C/C=C\C/C=C\C/C=C\C/C=C\C/C=C\CCCCCC(=O)OC(CO)COCCCCCCC/C=C\C/C=C\C/C=C\C/C=C\C/C=C\C/C=C\CC. The summed E-state index contributed by atoms with van der Waals surface area (Å²) < 4.78 is 11.2. The third-order valence-electron chi connectivity index (χ3n) is 9.35. The van der Waals surface area contributed by atoms with E-state index in [2.05, 4.69) is 172 Å². The fraction of sp³-hybridized carbons (Fsp3) is 0.526. The van der Waals surface area contributed by atoms with Crippen molar-refractivity contribution in [3.8, 4) is 0 Å². The second-order valence-electron chi connectivity index (χ2n) is 15.1. The van der Waals surface area contributed by atoms with Gasteiger partial charge < -0.3 is 14.6 Å². The molecule has 0 bridgehead atoms. The van der Waals surface area contributed by atoms with E-state index in [1.54, 1.807) is 0 Å². The molecule has 0 aliphatic carbocycles. The first-order chi connectivity index (χ1) is 30.2. The van der Waals surface area contributed by atoms with Gasteiger partial charge in [-0.3, -0.25) is 4.79 Å². The van der Waals surface area contributed by atoms with Gasteiger partial charge in [-0.05, 0) is 122 Å². The number of hydrogen-bond donors (Lipinski definition) is 1. The third-order valence-corrected chi connectivity index (χ3v) is 9.35. The molecule has 0 aliphatic rings. The average molecular weight is 837 g/mol. The maximum Gasteiger partial charge on any atom is 0.306 e. The number of rotatable bonds is 42. The minimum absolute atomic E-state index is 0.206. The normalized spacial score (nSPS) is 13.8. The summed E-state index contributed by atoms with van der Waals surface area (Å²) in [6, 6.07) is 0. The molecule has 1 unspecified atom stereocenters. The summed E-state index contributed by atoms with van der Waals surface area (Å²) in [5, 5.41) is 9.64. The fourth-order valence-corrected chi connectivity index (χ4v) is 5.84. The maximum atomic E-state index is 12.3. The van der Waals surface area contributed by atoms with Gasteiger partial charge in [0.05, 0.1) is 13.2 Å². The molecule has 0 fully saturated rings. The fourth-order valence-electron chi connectivity index (χ4n) is 5.84. The van der Waals surface area contributed by atoms with Gasteiger partial charge in [0.2, 0.25) is 0 Å². The molecule has 0 radical (unpaired) electrons. The Morgan fingerprint density at radius 2 is 0.689 bits per heavy atom. The molecule has 0 spiro atoms. The molecular formula is C57H88O4. The molecule has 0 aromatic heterocycles. The van der Waals surface area contributed by atoms with Crippen LogP contribution >= 0.6 is 0 Å². The molecule has 0 saturated carbocycles. The van der Waals surface area contributed by atoms with Crippen molar-refractivity contribution in [1.82, 2.24) is 0 Å². The van der Waals surface area contributed by atoms with Crippen LogP contribution in [0.3, 0.4) is 0 Å². The van der Waals surface area contributed by atoms with E-state index in [4.69, 9.17) is 9.47 Å². The third kappa shape index (κ3) is 50.3. The number of carbonyl (C=O) groups is 1. The average Bonchev–Trinajstić information content (AvgIpc) is 3.27. The van der Waals surface area contributed by atoms with Crippen LogP contribution in [0.4, 0.5) is 0 Å².